The zero-order valence-corrected chi connectivity index (χ0v) is 18.0. The number of carbonyl (C=O) groups excluding carboxylic acids is 2. The van der Waals surface area contributed by atoms with Gasteiger partial charge in [-0.05, 0) is 62.6 Å². The highest BCUT2D eigenvalue weighted by Gasteiger charge is 2.34. The fourth-order valence-corrected chi connectivity index (χ4v) is 3.38. The van der Waals surface area contributed by atoms with Gasteiger partial charge in [-0.25, -0.2) is 4.79 Å². The highest BCUT2D eigenvalue weighted by Crippen LogP contribution is 2.29. The first-order valence-corrected chi connectivity index (χ1v) is 10.5. The predicted octanol–water partition coefficient (Wildman–Crippen LogP) is 4.50. The Kier molecular flexibility index (Phi) is 6.85. The third-order valence-electron chi connectivity index (χ3n) is 5.48. The second-order valence-corrected chi connectivity index (χ2v) is 8.12. The molecule has 156 valence electrons. The molecule has 1 N–H and O–H groups in total. The summed E-state index contributed by atoms with van der Waals surface area (Å²) >= 11 is 5.92. The molecule has 3 rings (SSSR count). The summed E-state index contributed by atoms with van der Waals surface area (Å²) in [6.07, 6.45) is 4.80. The largest absolute Gasteiger partial charge is 0.353 e. The van der Waals surface area contributed by atoms with Crippen LogP contribution in [0.3, 0.4) is 0 Å². The van der Waals surface area contributed by atoms with Crippen LogP contribution in [0.5, 0.6) is 0 Å². The van der Waals surface area contributed by atoms with E-state index in [0.717, 1.165) is 25.0 Å². The van der Waals surface area contributed by atoms with Crippen LogP contribution in [-0.4, -0.2) is 44.9 Å². The van der Waals surface area contributed by atoms with E-state index in [0.29, 0.717) is 17.3 Å². The standard InChI is InChI=1S/C22H29ClN4O2/c1-4-16(2)26(22(29)24-18-9-7-17(23)8-10-18)15-21(28)27(19-11-12-19)14-20-6-5-13-25(20)3/h5-10,13,16,19H,4,11-12,14-15H2,1-3H3,(H,24,29)/t16-/m0/s1. The molecule has 0 unspecified atom stereocenters. The number of nitrogens with zero attached hydrogens (tertiary/aromatic N) is 3. The van der Waals surface area contributed by atoms with Crippen molar-refractivity contribution in [1.29, 1.82) is 0 Å². The minimum atomic E-state index is -0.273. The Bertz CT molecular complexity index is 845. The first kappa shape index (κ1) is 21.2. The van der Waals surface area contributed by atoms with Gasteiger partial charge in [0.05, 0.1) is 6.54 Å². The minimum absolute atomic E-state index is 0.0137. The number of nitrogens with one attached hydrogen (secondary N) is 1. The molecule has 0 aliphatic heterocycles. The highest BCUT2D eigenvalue weighted by atomic mass is 35.5. The number of aromatic nitrogens is 1. The van der Waals surface area contributed by atoms with Crippen LogP contribution in [0.1, 0.15) is 38.8 Å². The lowest BCUT2D eigenvalue weighted by atomic mass is 10.2. The third-order valence-corrected chi connectivity index (χ3v) is 5.73. The van der Waals surface area contributed by atoms with Crippen molar-refractivity contribution < 1.29 is 9.59 Å². The Morgan fingerprint density at radius 3 is 2.48 bits per heavy atom. The number of carbonyl (C=O) groups is 2. The average molecular weight is 417 g/mol. The van der Waals surface area contributed by atoms with Crippen molar-refractivity contribution in [3.63, 3.8) is 0 Å². The summed E-state index contributed by atoms with van der Waals surface area (Å²) < 4.78 is 2.03. The van der Waals surface area contributed by atoms with E-state index >= 15 is 0 Å². The van der Waals surface area contributed by atoms with Crippen LogP contribution in [0, 0.1) is 0 Å². The number of benzene rings is 1. The normalized spacial score (nSPS) is 14.3. The van der Waals surface area contributed by atoms with Crippen LogP contribution in [0.4, 0.5) is 10.5 Å². The van der Waals surface area contributed by atoms with E-state index in [9.17, 15) is 9.59 Å². The minimum Gasteiger partial charge on any atom is -0.353 e. The maximum Gasteiger partial charge on any atom is 0.322 e. The quantitative estimate of drug-likeness (QED) is 0.688. The summed E-state index contributed by atoms with van der Waals surface area (Å²) in [5.74, 6) is -0.0137. The molecule has 0 spiro atoms. The van der Waals surface area contributed by atoms with Gasteiger partial charge < -0.3 is 19.7 Å². The molecule has 0 saturated heterocycles. The molecule has 1 atom stereocenters. The smallest absolute Gasteiger partial charge is 0.322 e. The number of hydrogen-bond acceptors (Lipinski definition) is 2. The molecule has 0 bridgehead atoms. The summed E-state index contributed by atoms with van der Waals surface area (Å²) in [6, 6.07) is 10.9. The number of urea groups is 1. The zero-order valence-electron chi connectivity index (χ0n) is 17.3. The first-order chi connectivity index (χ1) is 13.9. The number of aryl methyl sites for hydroxylation is 1. The van der Waals surface area contributed by atoms with Crippen molar-refractivity contribution in [3.8, 4) is 0 Å². The van der Waals surface area contributed by atoms with Crippen molar-refractivity contribution in [2.75, 3.05) is 11.9 Å². The lowest BCUT2D eigenvalue weighted by Gasteiger charge is -2.31. The summed E-state index contributed by atoms with van der Waals surface area (Å²) in [6.45, 7) is 4.61. The SMILES string of the molecule is CC[C@H](C)N(CC(=O)N(Cc1cccn1C)C1CC1)C(=O)Nc1ccc(Cl)cc1. The number of amides is 3. The van der Waals surface area contributed by atoms with Gasteiger partial charge in [-0.3, -0.25) is 4.79 Å². The van der Waals surface area contributed by atoms with E-state index in [1.54, 1.807) is 29.2 Å². The summed E-state index contributed by atoms with van der Waals surface area (Å²) in [5, 5.41) is 3.49. The van der Waals surface area contributed by atoms with E-state index in [-0.39, 0.29) is 30.6 Å². The number of halogens is 1. The van der Waals surface area contributed by atoms with Crippen LogP contribution in [0.25, 0.3) is 0 Å². The highest BCUT2D eigenvalue weighted by molar-refractivity contribution is 6.30. The molecular formula is C22H29ClN4O2. The molecule has 3 amide bonds. The Labute approximate surface area is 177 Å². The molecule has 1 saturated carbocycles. The van der Waals surface area contributed by atoms with Crippen LogP contribution in [0.2, 0.25) is 5.02 Å². The van der Waals surface area contributed by atoms with Crippen LogP contribution in [0.15, 0.2) is 42.6 Å². The third kappa shape index (κ3) is 5.54. The van der Waals surface area contributed by atoms with Gasteiger partial charge in [-0.2, -0.15) is 0 Å². The van der Waals surface area contributed by atoms with E-state index in [2.05, 4.69) is 5.32 Å². The fraction of sp³-hybridized carbons (Fsp3) is 0.455. The zero-order chi connectivity index (χ0) is 21.0. The van der Waals surface area contributed by atoms with Gasteiger partial charge in [0.15, 0.2) is 0 Å². The lowest BCUT2D eigenvalue weighted by molar-refractivity contribution is -0.133. The van der Waals surface area contributed by atoms with E-state index in [1.165, 1.54) is 0 Å². The Balaban J connectivity index is 1.70. The van der Waals surface area contributed by atoms with Crippen molar-refractivity contribution in [1.82, 2.24) is 14.4 Å². The predicted molar refractivity (Wildman–Crippen MR) is 116 cm³/mol. The van der Waals surface area contributed by atoms with Gasteiger partial charge in [0, 0.05) is 41.7 Å². The van der Waals surface area contributed by atoms with Crippen LogP contribution < -0.4 is 5.32 Å². The Morgan fingerprint density at radius 2 is 1.93 bits per heavy atom. The Morgan fingerprint density at radius 1 is 1.24 bits per heavy atom. The van der Waals surface area contributed by atoms with E-state index < -0.39 is 0 Å². The van der Waals surface area contributed by atoms with Gasteiger partial charge >= 0.3 is 6.03 Å². The summed E-state index contributed by atoms with van der Waals surface area (Å²) in [4.78, 5) is 29.6. The van der Waals surface area contributed by atoms with E-state index in [4.69, 9.17) is 11.6 Å². The molecular weight excluding hydrogens is 388 g/mol. The van der Waals surface area contributed by atoms with Gasteiger partial charge in [0.2, 0.25) is 5.91 Å². The average Bonchev–Trinajstić information content (AvgIpc) is 3.47. The maximum absolute atomic E-state index is 13.2. The van der Waals surface area contributed by atoms with E-state index in [1.807, 2.05) is 48.7 Å². The molecule has 1 aromatic heterocycles. The summed E-state index contributed by atoms with van der Waals surface area (Å²) in [7, 11) is 1.98. The molecule has 1 aliphatic carbocycles. The topological polar surface area (TPSA) is 57.6 Å². The maximum atomic E-state index is 13.2. The lowest BCUT2D eigenvalue weighted by Crippen LogP contribution is -2.48. The molecule has 7 heteroatoms. The van der Waals surface area contributed by atoms with Gasteiger partial charge in [0.1, 0.15) is 6.54 Å². The molecule has 0 radical (unpaired) electrons. The number of hydrogen-bond donors (Lipinski definition) is 1. The first-order valence-electron chi connectivity index (χ1n) is 10.1. The monoisotopic (exact) mass is 416 g/mol. The molecule has 1 heterocycles. The summed E-state index contributed by atoms with van der Waals surface area (Å²) in [5.41, 5.74) is 1.74. The molecule has 1 aliphatic rings. The number of rotatable bonds is 8. The van der Waals surface area contributed by atoms with Crippen molar-refractivity contribution in [2.24, 2.45) is 7.05 Å². The van der Waals surface area contributed by atoms with Gasteiger partial charge in [-0.1, -0.05) is 18.5 Å². The molecule has 1 aromatic carbocycles. The van der Waals surface area contributed by atoms with Crippen LogP contribution in [-0.2, 0) is 18.4 Å². The van der Waals surface area contributed by atoms with Crippen LogP contribution >= 0.6 is 11.6 Å². The fourth-order valence-electron chi connectivity index (χ4n) is 3.26. The number of anilines is 1. The molecule has 29 heavy (non-hydrogen) atoms. The molecule has 2 aromatic rings. The Hall–Kier alpha value is -2.47. The van der Waals surface area contributed by atoms with Crippen molar-refractivity contribution >= 4 is 29.2 Å². The van der Waals surface area contributed by atoms with Gasteiger partial charge in [0.25, 0.3) is 0 Å². The molecule has 1 fully saturated rings. The molecule has 6 nitrogen and oxygen atoms in total. The second kappa shape index (κ2) is 9.35. The van der Waals surface area contributed by atoms with Gasteiger partial charge in [-0.15, -0.1) is 0 Å². The second-order valence-electron chi connectivity index (χ2n) is 7.69. The van der Waals surface area contributed by atoms with Crippen molar-refractivity contribution in [2.45, 2.75) is 51.7 Å². The van der Waals surface area contributed by atoms with Crippen molar-refractivity contribution in [3.05, 3.63) is 53.3 Å².